The lowest BCUT2D eigenvalue weighted by Gasteiger charge is -2.20. The summed E-state index contributed by atoms with van der Waals surface area (Å²) >= 11 is 0. The van der Waals surface area contributed by atoms with Gasteiger partial charge in [0.1, 0.15) is 5.60 Å². The van der Waals surface area contributed by atoms with Crippen LogP contribution >= 0.6 is 0 Å². The van der Waals surface area contributed by atoms with E-state index in [4.69, 9.17) is 9.84 Å². The summed E-state index contributed by atoms with van der Waals surface area (Å²) in [6.07, 6.45) is 0.804. The second kappa shape index (κ2) is 12.9. The molecular weight excluding hydrogens is 546 g/mol. The average molecular weight is 588 g/mol. The molecule has 0 aliphatic heterocycles. The van der Waals surface area contributed by atoms with Crippen LogP contribution < -0.4 is 5.32 Å². The van der Waals surface area contributed by atoms with Crippen molar-refractivity contribution in [2.24, 2.45) is 0 Å². The fraction of sp³-hybridized carbons (Fsp3) is 0.289. The highest BCUT2D eigenvalue weighted by Crippen LogP contribution is 2.29. The SMILES string of the molecule is CCC(NC(=O)c1ccc2c(c1)c(C(C)C)nn2Cc1ccc(-c2ccccc2C(=O)OC(C)(C)C)cc1)c1ccccc1. The van der Waals surface area contributed by atoms with Gasteiger partial charge in [0, 0.05) is 10.9 Å². The van der Waals surface area contributed by atoms with Gasteiger partial charge < -0.3 is 10.1 Å². The van der Waals surface area contributed by atoms with Gasteiger partial charge in [-0.1, -0.05) is 93.6 Å². The molecule has 4 aromatic carbocycles. The summed E-state index contributed by atoms with van der Waals surface area (Å²) in [7, 11) is 0. The summed E-state index contributed by atoms with van der Waals surface area (Å²) in [6, 6.07) is 31.6. The van der Waals surface area contributed by atoms with Crippen molar-refractivity contribution in [2.45, 2.75) is 72.1 Å². The summed E-state index contributed by atoms with van der Waals surface area (Å²) in [5.74, 6) is -0.233. The van der Waals surface area contributed by atoms with E-state index in [1.165, 1.54) is 0 Å². The van der Waals surface area contributed by atoms with Crippen LogP contribution in [-0.4, -0.2) is 27.3 Å². The van der Waals surface area contributed by atoms with E-state index in [2.05, 4.69) is 38.2 Å². The highest BCUT2D eigenvalue weighted by molar-refractivity contribution is 5.99. The van der Waals surface area contributed by atoms with Gasteiger partial charge in [-0.3, -0.25) is 9.48 Å². The van der Waals surface area contributed by atoms with E-state index in [1.54, 1.807) is 6.07 Å². The number of amides is 1. The molecule has 0 saturated heterocycles. The van der Waals surface area contributed by atoms with E-state index < -0.39 is 5.60 Å². The molecule has 1 unspecified atom stereocenters. The lowest BCUT2D eigenvalue weighted by atomic mass is 9.98. The molecule has 0 aliphatic carbocycles. The Kier molecular flexibility index (Phi) is 9.00. The van der Waals surface area contributed by atoms with Crippen LogP contribution in [0.25, 0.3) is 22.0 Å². The monoisotopic (exact) mass is 587 g/mol. The maximum absolute atomic E-state index is 13.3. The number of esters is 1. The number of ether oxygens (including phenoxy) is 1. The van der Waals surface area contributed by atoms with Crippen LogP contribution in [0, 0.1) is 0 Å². The molecule has 1 amide bonds. The van der Waals surface area contributed by atoms with E-state index in [0.29, 0.717) is 17.7 Å². The molecule has 5 aromatic rings. The smallest absolute Gasteiger partial charge is 0.339 e. The van der Waals surface area contributed by atoms with Gasteiger partial charge in [0.25, 0.3) is 5.91 Å². The number of aromatic nitrogens is 2. The van der Waals surface area contributed by atoms with Crippen molar-refractivity contribution in [1.82, 2.24) is 15.1 Å². The summed E-state index contributed by atoms with van der Waals surface area (Å²) in [5, 5.41) is 9.18. The number of hydrogen-bond acceptors (Lipinski definition) is 4. The Morgan fingerprint density at radius 3 is 2.23 bits per heavy atom. The van der Waals surface area contributed by atoms with Crippen LogP contribution in [0.3, 0.4) is 0 Å². The third-order valence-electron chi connectivity index (χ3n) is 7.65. The van der Waals surface area contributed by atoms with Gasteiger partial charge in [-0.15, -0.1) is 0 Å². The number of hydrogen-bond donors (Lipinski definition) is 1. The van der Waals surface area contributed by atoms with Crippen molar-refractivity contribution in [3.63, 3.8) is 0 Å². The van der Waals surface area contributed by atoms with Gasteiger partial charge in [0.15, 0.2) is 0 Å². The van der Waals surface area contributed by atoms with Crippen LogP contribution in [0.5, 0.6) is 0 Å². The Morgan fingerprint density at radius 2 is 1.57 bits per heavy atom. The molecule has 1 heterocycles. The second-order valence-corrected chi connectivity index (χ2v) is 12.5. The topological polar surface area (TPSA) is 73.2 Å². The molecular formula is C38H41N3O3. The first-order valence-electron chi connectivity index (χ1n) is 15.3. The zero-order valence-electron chi connectivity index (χ0n) is 26.4. The normalized spacial score (nSPS) is 12.3. The molecule has 1 atom stereocenters. The second-order valence-electron chi connectivity index (χ2n) is 12.5. The predicted octanol–water partition coefficient (Wildman–Crippen LogP) is 8.71. The van der Waals surface area contributed by atoms with E-state index in [9.17, 15) is 9.59 Å². The van der Waals surface area contributed by atoms with Gasteiger partial charge in [-0.05, 0) is 79.6 Å². The fourth-order valence-electron chi connectivity index (χ4n) is 5.45. The third-order valence-corrected chi connectivity index (χ3v) is 7.65. The predicted molar refractivity (Wildman–Crippen MR) is 177 cm³/mol. The molecule has 6 heteroatoms. The quantitative estimate of drug-likeness (QED) is 0.175. The van der Waals surface area contributed by atoms with E-state index in [-0.39, 0.29) is 23.8 Å². The molecule has 226 valence electrons. The van der Waals surface area contributed by atoms with Crippen molar-refractivity contribution in [1.29, 1.82) is 0 Å². The van der Waals surface area contributed by atoms with Crippen LogP contribution in [-0.2, 0) is 11.3 Å². The number of nitrogens with one attached hydrogen (secondary N) is 1. The Bertz CT molecular complexity index is 1760. The minimum absolute atomic E-state index is 0.0502. The van der Waals surface area contributed by atoms with Crippen molar-refractivity contribution in [3.05, 3.63) is 125 Å². The summed E-state index contributed by atoms with van der Waals surface area (Å²) in [6.45, 7) is 12.5. The van der Waals surface area contributed by atoms with Crippen molar-refractivity contribution < 1.29 is 14.3 Å². The Morgan fingerprint density at radius 1 is 0.886 bits per heavy atom. The molecule has 1 aromatic heterocycles. The first-order chi connectivity index (χ1) is 21.0. The summed E-state index contributed by atoms with van der Waals surface area (Å²) in [5.41, 5.74) is 6.51. The minimum Gasteiger partial charge on any atom is -0.456 e. The van der Waals surface area contributed by atoms with Crippen molar-refractivity contribution in [3.8, 4) is 11.1 Å². The molecule has 0 aliphatic rings. The highest BCUT2D eigenvalue weighted by Gasteiger charge is 2.21. The zero-order chi connectivity index (χ0) is 31.4. The lowest BCUT2D eigenvalue weighted by Crippen LogP contribution is -2.28. The van der Waals surface area contributed by atoms with Crippen LogP contribution in [0.4, 0.5) is 0 Å². The molecule has 0 fully saturated rings. The fourth-order valence-corrected chi connectivity index (χ4v) is 5.45. The Labute approximate surface area is 260 Å². The molecule has 5 rings (SSSR count). The Hall–Kier alpha value is -4.71. The largest absolute Gasteiger partial charge is 0.456 e. The van der Waals surface area contributed by atoms with Crippen molar-refractivity contribution >= 4 is 22.8 Å². The summed E-state index contributed by atoms with van der Waals surface area (Å²) in [4.78, 5) is 26.2. The van der Waals surface area contributed by atoms with Crippen LogP contribution in [0.15, 0.2) is 97.1 Å². The van der Waals surface area contributed by atoms with Gasteiger partial charge in [0.05, 0.1) is 29.4 Å². The van der Waals surface area contributed by atoms with E-state index in [0.717, 1.165) is 45.3 Å². The minimum atomic E-state index is -0.569. The maximum atomic E-state index is 13.3. The standard InChI is InChI=1S/C38H41N3O3/c1-7-33(28-13-9-8-10-14-28)39-36(42)29-21-22-34-32(23-29)35(25(2)3)40-41(34)24-26-17-19-27(20-18-26)30-15-11-12-16-31(30)37(43)44-38(4,5)6/h8-23,25,33H,7,24H2,1-6H3,(H,39,42). The number of benzene rings is 4. The number of fused-ring (bicyclic) bond motifs is 1. The average Bonchev–Trinajstić information content (AvgIpc) is 3.37. The van der Waals surface area contributed by atoms with Gasteiger partial charge in [-0.25, -0.2) is 4.79 Å². The van der Waals surface area contributed by atoms with Gasteiger partial charge >= 0.3 is 5.97 Å². The number of carbonyl (C=O) groups excluding carboxylic acids is 2. The number of carbonyl (C=O) groups is 2. The van der Waals surface area contributed by atoms with Gasteiger partial charge in [-0.2, -0.15) is 5.10 Å². The van der Waals surface area contributed by atoms with Crippen molar-refractivity contribution in [2.75, 3.05) is 0 Å². The highest BCUT2D eigenvalue weighted by atomic mass is 16.6. The molecule has 0 bridgehead atoms. The lowest BCUT2D eigenvalue weighted by molar-refractivity contribution is 0.00703. The van der Waals surface area contributed by atoms with Crippen LogP contribution in [0.1, 0.15) is 97.5 Å². The first kappa shape index (κ1) is 30.7. The zero-order valence-corrected chi connectivity index (χ0v) is 26.4. The van der Waals surface area contributed by atoms with Crippen LogP contribution in [0.2, 0.25) is 0 Å². The molecule has 0 saturated carbocycles. The maximum Gasteiger partial charge on any atom is 0.339 e. The number of nitrogens with zero attached hydrogens (tertiary/aromatic N) is 2. The first-order valence-corrected chi connectivity index (χ1v) is 15.3. The molecule has 6 nitrogen and oxygen atoms in total. The van der Waals surface area contributed by atoms with E-state index in [1.807, 2.05) is 104 Å². The van der Waals surface area contributed by atoms with Gasteiger partial charge in [0.2, 0.25) is 0 Å². The van der Waals surface area contributed by atoms with E-state index >= 15 is 0 Å². The molecule has 0 spiro atoms. The third kappa shape index (κ3) is 6.91. The summed E-state index contributed by atoms with van der Waals surface area (Å²) < 4.78 is 7.65. The Balaban J connectivity index is 1.39. The molecule has 1 N–H and O–H groups in total. The number of rotatable bonds is 9. The molecule has 0 radical (unpaired) electrons. The molecule has 44 heavy (non-hydrogen) atoms.